The first-order valence-corrected chi connectivity index (χ1v) is 9.60. The van der Waals surface area contributed by atoms with Crippen LogP contribution in [0.4, 0.5) is 11.4 Å². The SMILES string of the molecule is CCCCS(=O)(=O)Nc1ccc(NCc2ccc(Cl)cc2)cc1. The van der Waals surface area contributed by atoms with Crippen LogP contribution in [0.25, 0.3) is 0 Å². The molecule has 2 N–H and O–H groups in total. The summed E-state index contributed by atoms with van der Waals surface area (Å²) in [6.45, 7) is 2.65. The monoisotopic (exact) mass is 352 g/mol. The molecule has 6 heteroatoms. The van der Waals surface area contributed by atoms with Gasteiger partial charge >= 0.3 is 0 Å². The fourth-order valence-electron chi connectivity index (χ4n) is 2.03. The summed E-state index contributed by atoms with van der Waals surface area (Å²) in [5.41, 5.74) is 2.63. The second-order valence-electron chi connectivity index (χ2n) is 5.33. The third kappa shape index (κ3) is 6.12. The van der Waals surface area contributed by atoms with Gasteiger partial charge in [-0.1, -0.05) is 37.1 Å². The molecule has 0 spiro atoms. The maximum absolute atomic E-state index is 11.8. The molecule has 2 aromatic rings. The number of rotatable bonds is 8. The molecule has 0 radical (unpaired) electrons. The number of sulfonamides is 1. The molecule has 0 aliphatic heterocycles. The Balaban J connectivity index is 1.90. The topological polar surface area (TPSA) is 58.2 Å². The van der Waals surface area contributed by atoms with Gasteiger partial charge < -0.3 is 5.32 Å². The molecular weight excluding hydrogens is 332 g/mol. The van der Waals surface area contributed by atoms with E-state index >= 15 is 0 Å². The summed E-state index contributed by atoms with van der Waals surface area (Å²) < 4.78 is 26.3. The summed E-state index contributed by atoms with van der Waals surface area (Å²) in [5, 5.41) is 4.00. The number of hydrogen-bond acceptors (Lipinski definition) is 3. The highest BCUT2D eigenvalue weighted by Gasteiger charge is 2.09. The molecule has 0 unspecified atom stereocenters. The Morgan fingerprint density at radius 3 is 2.17 bits per heavy atom. The molecule has 0 bridgehead atoms. The van der Waals surface area contributed by atoms with Crippen LogP contribution in [0.5, 0.6) is 0 Å². The fraction of sp³-hybridized carbons (Fsp3) is 0.294. The van der Waals surface area contributed by atoms with Crippen LogP contribution in [-0.4, -0.2) is 14.2 Å². The third-order valence-electron chi connectivity index (χ3n) is 3.33. The molecule has 0 saturated heterocycles. The quantitative estimate of drug-likeness (QED) is 0.735. The van der Waals surface area contributed by atoms with Gasteiger partial charge in [0.2, 0.25) is 10.0 Å². The van der Waals surface area contributed by atoms with E-state index in [0.29, 0.717) is 23.7 Å². The molecule has 0 aliphatic rings. The first kappa shape index (κ1) is 17.6. The zero-order valence-electron chi connectivity index (χ0n) is 13.0. The number of benzene rings is 2. The molecule has 0 heterocycles. The lowest BCUT2D eigenvalue weighted by Crippen LogP contribution is -2.16. The lowest BCUT2D eigenvalue weighted by Gasteiger charge is -2.10. The van der Waals surface area contributed by atoms with Crippen molar-refractivity contribution in [3.63, 3.8) is 0 Å². The Morgan fingerprint density at radius 1 is 0.957 bits per heavy atom. The predicted octanol–water partition coefficient (Wildman–Crippen LogP) is 4.49. The number of hydrogen-bond donors (Lipinski definition) is 2. The van der Waals surface area contributed by atoms with Gasteiger partial charge in [0.15, 0.2) is 0 Å². The van der Waals surface area contributed by atoms with Crippen LogP contribution >= 0.6 is 11.6 Å². The minimum atomic E-state index is -3.25. The van der Waals surface area contributed by atoms with E-state index in [1.807, 2.05) is 43.3 Å². The predicted molar refractivity (Wildman–Crippen MR) is 97.5 cm³/mol. The average molecular weight is 353 g/mol. The van der Waals surface area contributed by atoms with E-state index < -0.39 is 10.0 Å². The number of halogens is 1. The summed E-state index contributed by atoms with van der Waals surface area (Å²) >= 11 is 5.85. The summed E-state index contributed by atoms with van der Waals surface area (Å²) in [6.07, 6.45) is 1.52. The second kappa shape index (κ2) is 8.22. The number of unbranched alkanes of at least 4 members (excludes halogenated alkanes) is 1. The van der Waals surface area contributed by atoms with E-state index in [-0.39, 0.29) is 5.75 Å². The summed E-state index contributed by atoms with van der Waals surface area (Å²) in [5.74, 6) is 0.153. The van der Waals surface area contributed by atoms with Gasteiger partial charge in [0, 0.05) is 22.9 Å². The molecule has 4 nitrogen and oxygen atoms in total. The summed E-state index contributed by atoms with van der Waals surface area (Å²) in [4.78, 5) is 0. The van der Waals surface area contributed by atoms with Crippen molar-refractivity contribution in [2.75, 3.05) is 15.8 Å². The maximum atomic E-state index is 11.8. The zero-order chi connectivity index (χ0) is 16.7. The Bertz CT molecular complexity index is 713. The van der Waals surface area contributed by atoms with E-state index in [0.717, 1.165) is 17.7 Å². The number of nitrogens with one attached hydrogen (secondary N) is 2. The lowest BCUT2D eigenvalue weighted by molar-refractivity contribution is 0.598. The number of anilines is 2. The van der Waals surface area contributed by atoms with Gasteiger partial charge in [-0.25, -0.2) is 8.42 Å². The molecule has 0 aliphatic carbocycles. The van der Waals surface area contributed by atoms with Gasteiger partial charge in [0.25, 0.3) is 0 Å². The minimum Gasteiger partial charge on any atom is -0.381 e. The first-order chi connectivity index (χ1) is 11.0. The molecule has 0 amide bonds. The van der Waals surface area contributed by atoms with Crippen LogP contribution in [0.15, 0.2) is 48.5 Å². The van der Waals surface area contributed by atoms with Gasteiger partial charge in [0.1, 0.15) is 0 Å². The lowest BCUT2D eigenvalue weighted by atomic mass is 10.2. The average Bonchev–Trinajstić information content (AvgIpc) is 2.53. The van der Waals surface area contributed by atoms with Crippen molar-refractivity contribution in [1.82, 2.24) is 0 Å². The smallest absolute Gasteiger partial charge is 0.232 e. The Labute approximate surface area is 142 Å². The van der Waals surface area contributed by atoms with Crippen LogP contribution in [-0.2, 0) is 16.6 Å². The highest BCUT2D eigenvalue weighted by atomic mass is 35.5. The zero-order valence-corrected chi connectivity index (χ0v) is 14.6. The van der Waals surface area contributed by atoms with Gasteiger partial charge in [-0.3, -0.25) is 4.72 Å². The molecule has 23 heavy (non-hydrogen) atoms. The Morgan fingerprint density at radius 2 is 1.57 bits per heavy atom. The molecular formula is C17H21ClN2O2S. The molecule has 124 valence electrons. The van der Waals surface area contributed by atoms with E-state index in [2.05, 4.69) is 10.0 Å². The molecule has 2 rings (SSSR count). The molecule has 0 fully saturated rings. The van der Waals surface area contributed by atoms with E-state index in [4.69, 9.17) is 11.6 Å². The second-order valence-corrected chi connectivity index (χ2v) is 7.61. The Hall–Kier alpha value is -1.72. The van der Waals surface area contributed by atoms with Crippen LogP contribution in [0.1, 0.15) is 25.3 Å². The van der Waals surface area contributed by atoms with Crippen molar-refractivity contribution in [2.45, 2.75) is 26.3 Å². The van der Waals surface area contributed by atoms with Gasteiger partial charge in [-0.2, -0.15) is 0 Å². The molecule has 2 aromatic carbocycles. The normalized spacial score (nSPS) is 11.2. The largest absolute Gasteiger partial charge is 0.381 e. The van der Waals surface area contributed by atoms with Crippen molar-refractivity contribution >= 4 is 33.0 Å². The van der Waals surface area contributed by atoms with Crippen molar-refractivity contribution < 1.29 is 8.42 Å². The maximum Gasteiger partial charge on any atom is 0.232 e. The van der Waals surface area contributed by atoms with E-state index in [1.54, 1.807) is 12.1 Å². The van der Waals surface area contributed by atoms with Crippen LogP contribution in [0, 0.1) is 0 Å². The van der Waals surface area contributed by atoms with Gasteiger partial charge in [0.05, 0.1) is 5.75 Å². The highest BCUT2D eigenvalue weighted by Crippen LogP contribution is 2.17. The molecule has 0 saturated carbocycles. The van der Waals surface area contributed by atoms with Gasteiger partial charge in [-0.15, -0.1) is 0 Å². The molecule has 0 atom stereocenters. The standard InChI is InChI=1S/C17H21ClN2O2S/c1-2-3-12-23(21,22)20-17-10-8-16(9-11-17)19-13-14-4-6-15(18)7-5-14/h4-11,19-20H,2-3,12-13H2,1H3. The van der Waals surface area contributed by atoms with Crippen LogP contribution < -0.4 is 10.0 Å². The van der Waals surface area contributed by atoms with Crippen LogP contribution in [0.3, 0.4) is 0 Å². The van der Waals surface area contributed by atoms with Crippen molar-refractivity contribution in [1.29, 1.82) is 0 Å². The summed E-state index contributed by atoms with van der Waals surface area (Å²) in [7, 11) is -3.25. The summed E-state index contributed by atoms with van der Waals surface area (Å²) in [6, 6.07) is 14.9. The van der Waals surface area contributed by atoms with E-state index in [1.165, 1.54) is 0 Å². The first-order valence-electron chi connectivity index (χ1n) is 7.57. The molecule has 0 aromatic heterocycles. The van der Waals surface area contributed by atoms with Crippen LogP contribution in [0.2, 0.25) is 5.02 Å². The van der Waals surface area contributed by atoms with E-state index in [9.17, 15) is 8.42 Å². The van der Waals surface area contributed by atoms with Gasteiger partial charge in [-0.05, 0) is 48.4 Å². The minimum absolute atomic E-state index is 0.153. The third-order valence-corrected chi connectivity index (χ3v) is 4.96. The Kier molecular flexibility index (Phi) is 6.30. The fourth-order valence-corrected chi connectivity index (χ4v) is 3.42. The van der Waals surface area contributed by atoms with Crippen molar-refractivity contribution in [3.05, 3.63) is 59.1 Å². The highest BCUT2D eigenvalue weighted by molar-refractivity contribution is 7.92. The van der Waals surface area contributed by atoms with Crippen molar-refractivity contribution in [3.8, 4) is 0 Å². The van der Waals surface area contributed by atoms with Crippen molar-refractivity contribution in [2.24, 2.45) is 0 Å².